The molecule has 0 atom stereocenters. The first-order valence-corrected chi connectivity index (χ1v) is 10.6. The molecule has 0 saturated carbocycles. The van der Waals surface area contributed by atoms with Crippen molar-refractivity contribution in [3.8, 4) is 22.8 Å². The molecule has 0 amide bonds. The van der Waals surface area contributed by atoms with E-state index in [9.17, 15) is 0 Å². The Kier molecular flexibility index (Phi) is 7.62. The van der Waals surface area contributed by atoms with Crippen molar-refractivity contribution in [1.29, 1.82) is 0 Å². The molecule has 0 fully saturated rings. The molecule has 0 radical (unpaired) electrons. The number of nitrogens with zero attached hydrogens (tertiary/aromatic N) is 3. The van der Waals surface area contributed by atoms with Crippen LogP contribution in [0.4, 0.5) is 0 Å². The van der Waals surface area contributed by atoms with E-state index in [0.717, 1.165) is 26.1 Å². The third kappa shape index (κ3) is 4.95. The lowest BCUT2D eigenvalue weighted by atomic mass is 10.2. The molecule has 0 spiro atoms. The van der Waals surface area contributed by atoms with E-state index < -0.39 is 0 Å². The number of ether oxygens (including phenoxy) is 3. The highest BCUT2D eigenvalue weighted by Crippen LogP contribution is 2.30. The number of para-hydroxylation sites is 1. The zero-order valence-corrected chi connectivity index (χ0v) is 18.9. The molecule has 3 rings (SSSR count). The Hall–Kier alpha value is -2.42. The fourth-order valence-electron chi connectivity index (χ4n) is 2.74. The van der Waals surface area contributed by atoms with Crippen LogP contribution in [0.1, 0.15) is 5.56 Å². The van der Waals surface area contributed by atoms with Gasteiger partial charge in [0.2, 0.25) is 4.80 Å². The van der Waals surface area contributed by atoms with Crippen LogP contribution in [0.5, 0.6) is 11.5 Å². The first-order chi connectivity index (χ1) is 14.2. The van der Waals surface area contributed by atoms with Gasteiger partial charge in [-0.2, -0.15) is 5.10 Å². The molecule has 0 aliphatic heterocycles. The largest absolute Gasteiger partial charge is 0.493 e. The second-order valence-corrected chi connectivity index (χ2v) is 7.59. The summed E-state index contributed by atoms with van der Waals surface area (Å²) in [6, 6.07) is 13.7. The topological polar surface area (TPSA) is 57.3 Å². The molecule has 8 heteroatoms. The van der Waals surface area contributed by atoms with E-state index in [1.165, 1.54) is 11.3 Å². The van der Waals surface area contributed by atoms with Crippen LogP contribution in [0.15, 0.2) is 62.4 Å². The van der Waals surface area contributed by atoms with Gasteiger partial charge in [-0.1, -0.05) is 40.2 Å². The highest BCUT2D eigenvalue weighted by molar-refractivity contribution is 9.10. The Morgan fingerprint density at radius 2 is 1.90 bits per heavy atom. The van der Waals surface area contributed by atoms with E-state index in [2.05, 4.69) is 20.9 Å². The van der Waals surface area contributed by atoms with Gasteiger partial charge >= 0.3 is 0 Å². The average Bonchev–Trinajstić information content (AvgIpc) is 3.14. The van der Waals surface area contributed by atoms with E-state index in [4.69, 9.17) is 19.3 Å². The predicted molar refractivity (Wildman–Crippen MR) is 120 cm³/mol. The number of rotatable bonds is 8. The summed E-state index contributed by atoms with van der Waals surface area (Å²) in [6.07, 6.45) is 1.75. The smallest absolute Gasteiger partial charge is 0.206 e. The van der Waals surface area contributed by atoms with Gasteiger partial charge in [0.15, 0.2) is 11.5 Å². The second-order valence-electron chi connectivity index (χ2n) is 5.90. The van der Waals surface area contributed by atoms with Crippen LogP contribution in [0.2, 0.25) is 0 Å². The summed E-state index contributed by atoms with van der Waals surface area (Å²) >= 11 is 5.16. The molecule has 29 heavy (non-hydrogen) atoms. The fourth-order valence-corrected chi connectivity index (χ4v) is 4.08. The van der Waals surface area contributed by atoms with Gasteiger partial charge < -0.3 is 14.2 Å². The van der Waals surface area contributed by atoms with Crippen molar-refractivity contribution in [3.63, 3.8) is 0 Å². The van der Waals surface area contributed by atoms with E-state index >= 15 is 0 Å². The molecule has 6 nitrogen and oxygen atoms in total. The molecule has 0 aliphatic rings. The molecular formula is C21H22BrN3O3S. The Balaban J connectivity index is 2.10. The summed E-state index contributed by atoms with van der Waals surface area (Å²) in [7, 11) is 4.90. The van der Waals surface area contributed by atoms with Gasteiger partial charge in [-0.15, -0.1) is 11.3 Å². The van der Waals surface area contributed by atoms with E-state index in [1.807, 2.05) is 52.5 Å². The maximum atomic E-state index is 5.51. The van der Waals surface area contributed by atoms with Crippen LogP contribution in [-0.4, -0.2) is 45.4 Å². The van der Waals surface area contributed by atoms with Gasteiger partial charge in [-0.25, -0.2) is 4.68 Å². The Morgan fingerprint density at radius 1 is 1.07 bits per heavy atom. The Bertz CT molecular complexity index is 1060. The van der Waals surface area contributed by atoms with Crippen molar-refractivity contribution in [3.05, 3.63) is 62.7 Å². The molecule has 0 bridgehead atoms. The molecule has 152 valence electrons. The molecule has 3 aromatic rings. The number of aromatic nitrogens is 1. The number of hydrogen-bond acceptors (Lipinski definition) is 6. The minimum atomic E-state index is 0.551. The van der Waals surface area contributed by atoms with Gasteiger partial charge in [0.05, 0.1) is 39.3 Å². The lowest BCUT2D eigenvalue weighted by molar-refractivity contribution is 0.207. The minimum absolute atomic E-state index is 0.551. The predicted octanol–water partition coefficient (Wildman–Crippen LogP) is 4.43. The second kappa shape index (κ2) is 10.4. The van der Waals surface area contributed by atoms with Crippen molar-refractivity contribution in [2.24, 2.45) is 10.1 Å². The average molecular weight is 476 g/mol. The fraction of sp³-hybridized carbons (Fsp3) is 0.238. The third-order valence-electron chi connectivity index (χ3n) is 4.12. The van der Waals surface area contributed by atoms with Crippen molar-refractivity contribution >= 4 is 33.5 Å². The van der Waals surface area contributed by atoms with Crippen LogP contribution in [0.25, 0.3) is 11.3 Å². The van der Waals surface area contributed by atoms with Crippen molar-refractivity contribution in [2.45, 2.75) is 0 Å². The number of methoxy groups -OCH3 is 3. The molecule has 0 aliphatic carbocycles. The standard InChI is InChI=1S/C21H22BrN3O3S/c1-26-12-11-23-21-25(18(14-29-21)16-8-4-5-9-17(16)22)24-13-15-7-6-10-19(27-2)20(15)28-3/h4-10,13-14H,11-12H2,1-3H3. The first-order valence-electron chi connectivity index (χ1n) is 8.89. The van der Waals surface area contributed by atoms with Crippen LogP contribution in [0.3, 0.4) is 0 Å². The SMILES string of the molecule is COCCN=c1scc(-c2ccccc2Br)n1N=Cc1cccc(OC)c1OC. The minimum Gasteiger partial charge on any atom is -0.493 e. The lowest BCUT2D eigenvalue weighted by Gasteiger charge is -2.10. The van der Waals surface area contributed by atoms with Gasteiger partial charge in [0, 0.05) is 28.1 Å². The van der Waals surface area contributed by atoms with E-state index in [0.29, 0.717) is 24.7 Å². The van der Waals surface area contributed by atoms with Crippen LogP contribution >= 0.6 is 27.3 Å². The number of thiazole rings is 1. The highest BCUT2D eigenvalue weighted by atomic mass is 79.9. The molecule has 1 aromatic heterocycles. The summed E-state index contributed by atoms with van der Waals surface area (Å²) in [6.45, 7) is 1.11. The zero-order chi connectivity index (χ0) is 20.6. The van der Waals surface area contributed by atoms with Gasteiger partial charge in [0.1, 0.15) is 0 Å². The summed E-state index contributed by atoms with van der Waals surface area (Å²) in [5.74, 6) is 1.29. The van der Waals surface area contributed by atoms with Crippen molar-refractivity contribution in [1.82, 2.24) is 4.68 Å². The van der Waals surface area contributed by atoms with Crippen LogP contribution in [-0.2, 0) is 4.74 Å². The normalized spacial score (nSPS) is 11.9. The van der Waals surface area contributed by atoms with E-state index in [-0.39, 0.29) is 0 Å². The molecule has 1 heterocycles. The quantitative estimate of drug-likeness (QED) is 0.357. The Morgan fingerprint density at radius 3 is 2.62 bits per heavy atom. The highest BCUT2D eigenvalue weighted by Gasteiger charge is 2.11. The molecule has 0 saturated heterocycles. The molecule has 2 aromatic carbocycles. The maximum absolute atomic E-state index is 5.51. The lowest BCUT2D eigenvalue weighted by Crippen LogP contribution is -2.14. The molecule has 0 unspecified atom stereocenters. The summed E-state index contributed by atoms with van der Waals surface area (Å²) in [4.78, 5) is 5.42. The monoisotopic (exact) mass is 475 g/mol. The summed E-state index contributed by atoms with van der Waals surface area (Å²) < 4.78 is 18.8. The van der Waals surface area contributed by atoms with Gasteiger partial charge in [-0.05, 0) is 18.2 Å². The van der Waals surface area contributed by atoms with Crippen molar-refractivity contribution < 1.29 is 14.2 Å². The summed E-state index contributed by atoms with van der Waals surface area (Å²) in [5.41, 5.74) is 2.79. The Labute approximate surface area is 182 Å². The zero-order valence-electron chi connectivity index (χ0n) is 16.5. The third-order valence-corrected chi connectivity index (χ3v) is 5.67. The maximum Gasteiger partial charge on any atom is 0.206 e. The first kappa shape index (κ1) is 21.3. The number of halogens is 1. The van der Waals surface area contributed by atoms with Crippen LogP contribution < -0.4 is 14.3 Å². The van der Waals surface area contributed by atoms with Gasteiger partial charge in [-0.3, -0.25) is 4.99 Å². The number of hydrogen-bond donors (Lipinski definition) is 0. The van der Waals surface area contributed by atoms with Crippen LogP contribution in [0, 0.1) is 0 Å². The molecular weight excluding hydrogens is 454 g/mol. The van der Waals surface area contributed by atoms with E-state index in [1.54, 1.807) is 27.5 Å². The summed E-state index contributed by atoms with van der Waals surface area (Å²) in [5, 5.41) is 6.78. The number of benzene rings is 2. The molecule has 0 N–H and O–H groups in total. The van der Waals surface area contributed by atoms with Gasteiger partial charge in [0.25, 0.3) is 0 Å². The van der Waals surface area contributed by atoms with Crippen molar-refractivity contribution in [2.75, 3.05) is 34.5 Å².